The highest BCUT2D eigenvalue weighted by Crippen LogP contribution is 2.28. The van der Waals surface area contributed by atoms with Gasteiger partial charge in [-0.3, -0.25) is 5.10 Å². The van der Waals surface area contributed by atoms with Crippen molar-refractivity contribution in [2.75, 3.05) is 5.32 Å². The second kappa shape index (κ2) is 6.05. The monoisotopic (exact) mass is 342 g/mol. The van der Waals surface area contributed by atoms with Gasteiger partial charge in [-0.05, 0) is 23.9 Å². The summed E-state index contributed by atoms with van der Waals surface area (Å²) in [4.78, 5) is 16.6. The number of H-pyrrole nitrogens is 1. The second-order valence-corrected chi connectivity index (χ2v) is 7.01. The van der Waals surface area contributed by atoms with E-state index in [4.69, 9.17) is 0 Å². The largest absolute Gasteiger partial charge is 0.362 e. The van der Waals surface area contributed by atoms with Gasteiger partial charge >= 0.3 is 0 Å². The van der Waals surface area contributed by atoms with E-state index in [9.17, 15) is 0 Å². The van der Waals surface area contributed by atoms with Crippen molar-refractivity contribution in [3.8, 4) is 10.7 Å². The van der Waals surface area contributed by atoms with E-state index in [-0.39, 0.29) is 0 Å². The predicted molar refractivity (Wildman–Crippen MR) is 93.8 cm³/mol. The van der Waals surface area contributed by atoms with Crippen molar-refractivity contribution in [3.63, 3.8) is 0 Å². The summed E-state index contributed by atoms with van der Waals surface area (Å²) in [5.41, 5.74) is 0. The lowest BCUT2D eigenvalue weighted by Crippen LogP contribution is -2.03. The van der Waals surface area contributed by atoms with Crippen LogP contribution in [0.1, 0.15) is 17.6 Å². The van der Waals surface area contributed by atoms with E-state index in [1.165, 1.54) is 4.88 Å². The van der Waals surface area contributed by atoms with Crippen LogP contribution in [0.3, 0.4) is 0 Å². The highest BCUT2D eigenvalue weighted by atomic mass is 32.1. The summed E-state index contributed by atoms with van der Waals surface area (Å²) in [7, 11) is 0. The Balaban J connectivity index is 1.54. The average Bonchev–Trinajstić information content (AvgIpc) is 3.31. The van der Waals surface area contributed by atoms with Crippen molar-refractivity contribution in [2.45, 2.75) is 19.9 Å². The zero-order chi connectivity index (χ0) is 15.6. The van der Waals surface area contributed by atoms with Crippen molar-refractivity contribution in [1.29, 1.82) is 0 Å². The van der Waals surface area contributed by atoms with Crippen LogP contribution < -0.4 is 5.32 Å². The van der Waals surface area contributed by atoms with Gasteiger partial charge < -0.3 is 5.32 Å². The van der Waals surface area contributed by atoms with Crippen LogP contribution in [-0.2, 0) is 13.0 Å². The molecule has 6 nitrogen and oxygen atoms in total. The molecule has 0 unspecified atom stereocenters. The van der Waals surface area contributed by atoms with Gasteiger partial charge in [0, 0.05) is 4.88 Å². The number of aryl methyl sites for hydroxylation is 1. The van der Waals surface area contributed by atoms with E-state index in [2.05, 4.69) is 43.5 Å². The molecule has 4 aromatic heterocycles. The van der Waals surface area contributed by atoms with Gasteiger partial charge in [-0.2, -0.15) is 5.10 Å². The highest BCUT2D eigenvalue weighted by Gasteiger charge is 2.10. The number of hydrogen-bond acceptors (Lipinski definition) is 7. The topological polar surface area (TPSA) is 79.4 Å². The van der Waals surface area contributed by atoms with Crippen LogP contribution in [0.15, 0.2) is 29.9 Å². The Hall–Kier alpha value is -2.32. The number of aromatic amines is 1. The maximum Gasteiger partial charge on any atom is 0.191 e. The van der Waals surface area contributed by atoms with Crippen LogP contribution in [0.25, 0.3) is 20.9 Å². The molecule has 0 amide bonds. The van der Waals surface area contributed by atoms with E-state index < -0.39 is 0 Å². The molecule has 0 aliphatic rings. The Morgan fingerprint density at radius 3 is 3.09 bits per heavy atom. The SMILES string of the molecule is CCc1cc2c(NCc3nc(-c4cccs4)n[nH]3)ncnc2s1. The van der Waals surface area contributed by atoms with Gasteiger partial charge in [-0.15, -0.1) is 22.7 Å². The van der Waals surface area contributed by atoms with E-state index in [1.54, 1.807) is 29.0 Å². The van der Waals surface area contributed by atoms with Crippen LogP contribution in [0.2, 0.25) is 0 Å². The maximum atomic E-state index is 4.51. The van der Waals surface area contributed by atoms with Gasteiger partial charge in [-0.1, -0.05) is 13.0 Å². The summed E-state index contributed by atoms with van der Waals surface area (Å²) in [5, 5.41) is 13.6. The van der Waals surface area contributed by atoms with Gasteiger partial charge in [0.25, 0.3) is 0 Å². The molecule has 0 spiro atoms. The molecular weight excluding hydrogens is 328 g/mol. The van der Waals surface area contributed by atoms with Crippen LogP contribution >= 0.6 is 22.7 Å². The number of nitrogens with zero attached hydrogens (tertiary/aromatic N) is 4. The third-order valence-corrected chi connectivity index (χ3v) is 5.48. The molecule has 0 saturated carbocycles. The Kier molecular flexibility index (Phi) is 3.76. The number of thiophene rings is 2. The number of anilines is 1. The highest BCUT2D eigenvalue weighted by molar-refractivity contribution is 7.18. The van der Waals surface area contributed by atoms with Gasteiger partial charge in [0.15, 0.2) is 5.82 Å². The predicted octanol–water partition coefficient (Wildman–Crippen LogP) is 3.71. The van der Waals surface area contributed by atoms with Gasteiger partial charge in [0.1, 0.15) is 22.8 Å². The Morgan fingerprint density at radius 2 is 2.26 bits per heavy atom. The van der Waals surface area contributed by atoms with Crippen molar-refractivity contribution in [2.24, 2.45) is 0 Å². The minimum atomic E-state index is 0.543. The average molecular weight is 342 g/mol. The summed E-state index contributed by atoms with van der Waals surface area (Å²) in [6.07, 6.45) is 2.60. The third kappa shape index (κ3) is 2.82. The van der Waals surface area contributed by atoms with Crippen LogP contribution in [0, 0.1) is 0 Å². The first kappa shape index (κ1) is 14.3. The fourth-order valence-corrected chi connectivity index (χ4v) is 3.87. The van der Waals surface area contributed by atoms with Crippen molar-refractivity contribution >= 4 is 38.7 Å². The first-order valence-corrected chi connectivity index (χ1v) is 8.95. The second-order valence-electron chi connectivity index (χ2n) is 4.94. The summed E-state index contributed by atoms with van der Waals surface area (Å²) in [5.74, 6) is 2.35. The summed E-state index contributed by atoms with van der Waals surface area (Å²) >= 11 is 3.34. The number of hydrogen-bond donors (Lipinski definition) is 2. The van der Waals surface area contributed by atoms with E-state index in [0.29, 0.717) is 6.54 Å². The molecule has 0 aliphatic heterocycles. The lowest BCUT2D eigenvalue weighted by molar-refractivity contribution is 0.948. The molecule has 4 heterocycles. The lowest BCUT2D eigenvalue weighted by atomic mass is 10.3. The Bertz CT molecular complexity index is 925. The van der Waals surface area contributed by atoms with Crippen molar-refractivity contribution in [1.82, 2.24) is 25.1 Å². The Labute approximate surface area is 140 Å². The van der Waals surface area contributed by atoms with Gasteiger partial charge in [-0.25, -0.2) is 15.0 Å². The van der Waals surface area contributed by atoms with E-state index in [0.717, 1.165) is 39.0 Å². The molecule has 0 radical (unpaired) electrons. The normalized spacial score (nSPS) is 11.2. The molecule has 23 heavy (non-hydrogen) atoms. The number of fused-ring (bicyclic) bond motifs is 1. The zero-order valence-electron chi connectivity index (χ0n) is 12.4. The van der Waals surface area contributed by atoms with Crippen LogP contribution in [-0.4, -0.2) is 25.1 Å². The fraction of sp³-hybridized carbons (Fsp3) is 0.200. The van der Waals surface area contributed by atoms with E-state index in [1.807, 2.05) is 17.5 Å². The zero-order valence-corrected chi connectivity index (χ0v) is 14.0. The minimum Gasteiger partial charge on any atom is -0.362 e. The van der Waals surface area contributed by atoms with Crippen molar-refractivity contribution in [3.05, 3.63) is 40.6 Å². The molecule has 0 atom stereocenters. The fourth-order valence-electron chi connectivity index (χ4n) is 2.28. The summed E-state index contributed by atoms with van der Waals surface area (Å²) in [6, 6.07) is 6.16. The molecule has 2 N–H and O–H groups in total. The molecule has 0 aliphatic carbocycles. The molecule has 4 aromatic rings. The van der Waals surface area contributed by atoms with Crippen LogP contribution in [0.4, 0.5) is 5.82 Å². The lowest BCUT2D eigenvalue weighted by Gasteiger charge is -2.03. The standard InChI is InChI=1S/C15H14N6S2/c1-2-9-6-10-13(17-8-18-15(10)23-9)16-7-12-19-14(21-20-12)11-4-3-5-22-11/h3-6,8H,2,7H2,1H3,(H,16,17,18)(H,19,20,21). The maximum absolute atomic E-state index is 4.51. The first-order valence-electron chi connectivity index (χ1n) is 7.26. The number of nitrogens with one attached hydrogen (secondary N) is 2. The minimum absolute atomic E-state index is 0.543. The molecule has 0 aromatic carbocycles. The van der Waals surface area contributed by atoms with Gasteiger partial charge in [0.2, 0.25) is 0 Å². The molecule has 8 heteroatoms. The van der Waals surface area contributed by atoms with Gasteiger partial charge in [0.05, 0.1) is 16.8 Å². The molecular formula is C15H14N6S2. The Morgan fingerprint density at radius 1 is 1.30 bits per heavy atom. The molecule has 4 rings (SSSR count). The molecule has 116 valence electrons. The molecule has 0 bridgehead atoms. The quantitative estimate of drug-likeness (QED) is 0.578. The molecule has 0 fully saturated rings. The number of aromatic nitrogens is 5. The van der Waals surface area contributed by atoms with Crippen LogP contribution in [0.5, 0.6) is 0 Å². The number of rotatable bonds is 5. The third-order valence-electron chi connectivity index (χ3n) is 3.43. The van der Waals surface area contributed by atoms with Crippen molar-refractivity contribution < 1.29 is 0 Å². The summed E-state index contributed by atoms with van der Waals surface area (Å²) < 4.78 is 0. The molecule has 0 saturated heterocycles. The smallest absolute Gasteiger partial charge is 0.191 e. The first-order chi connectivity index (χ1) is 11.3. The summed E-state index contributed by atoms with van der Waals surface area (Å²) in [6.45, 7) is 2.69. The van der Waals surface area contributed by atoms with E-state index >= 15 is 0 Å².